The van der Waals surface area contributed by atoms with Crippen LogP contribution in [0.4, 0.5) is 0 Å². The number of carbonyl (C=O) groups is 1. The Morgan fingerprint density at radius 3 is 2.71 bits per heavy atom. The zero-order valence-corrected chi connectivity index (χ0v) is 14.6. The summed E-state index contributed by atoms with van der Waals surface area (Å²) >= 11 is 6.04. The molecule has 24 heavy (non-hydrogen) atoms. The molecule has 5 heteroatoms. The van der Waals surface area contributed by atoms with Crippen molar-refractivity contribution in [3.05, 3.63) is 29.0 Å². The minimum Gasteiger partial charge on any atom is -0.356 e. The molecule has 2 fully saturated rings. The zero-order chi connectivity index (χ0) is 16.5. The van der Waals surface area contributed by atoms with Crippen molar-refractivity contribution in [1.29, 1.82) is 0 Å². The van der Waals surface area contributed by atoms with Gasteiger partial charge in [0.2, 0.25) is 5.91 Å². The number of nitrogens with zero attached hydrogens (tertiary/aromatic N) is 1. The van der Waals surface area contributed by atoms with E-state index >= 15 is 0 Å². The van der Waals surface area contributed by atoms with E-state index in [2.05, 4.69) is 10.3 Å². The van der Waals surface area contributed by atoms with Crippen LogP contribution in [0, 0.1) is 17.8 Å². The summed E-state index contributed by atoms with van der Waals surface area (Å²) in [6, 6.07) is 5.82. The van der Waals surface area contributed by atoms with E-state index in [1.807, 2.05) is 18.2 Å². The third kappa shape index (κ3) is 3.44. The van der Waals surface area contributed by atoms with E-state index in [4.69, 9.17) is 16.6 Å². The Morgan fingerprint density at radius 2 is 1.96 bits per heavy atom. The summed E-state index contributed by atoms with van der Waals surface area (Å²) in [6.45, 7) is 0.887. The fourth-order valence-electron chi connectivity index (χ4n) is 4.42. The Kier molecular flexibility index (Phi) is 4.49. The largest absolute Gasteiger partial charge is 0.356 e. The van der Waals surface area contributed by atoms with E-state index in [0.29, 0.717) is 12.3 Å². The van der Waals surface area contributed by atoms with Crippen molar-refractivity contribution < 1.29 is 4.79 Å². The molecule has 2 heterocycles. The fraction of sp³-hybridized carbons (Fsp3) is 0.579. The molecule has 0 spiro atoms. The first-order valence-electron chi connectivity index (χ1n) is 9.08. The number of benzene rings is 1. The van der Waals surface area contributed by atoms with E-state index in [1.165, 1.54) is 25.7 Å². The molecule has 1 aliphatic heterocycles. The van der Waals surface area contributed by atoms with Gasteiger partial charge >= 0.3 is 0 Å². The topological polar surface area (TPSA) is 57.8 Å². The van der Waals surface area contributed by atoms with Crippen molar-refractivity contribution in [2.75, 3.05) is 6.54 Å². The summed E-state index contributed by atoms with van der Waals surface area (Å²) in [5, 5.41) is 3.78. The Balaban J connectivity index is 1.33. The first kappa shape index (κ1) is 15.9. The molecule has 1 unspecified atom stereocenters. The molecular weight excluding hydrogens is 322 g/mol. The van der Waals surface area contributed by atoms with Gasteiger partial charge in [-0.3, -0.25) is 4.79 Å². The average molecular weight is 346 g/mol. The molecule has 1 aromatic heterocycles. The Labute approximate surface area is 147 Å². The lowest BCUT2D eigenvalue weighted by Gasteiger charge is -2.35. The first-order chi connectivity index (χ1) is 11.7. The highest BCUT2D eigenvalue weighted by atomic mass is 35.5. The second-order valence-corrected chi connectivity index (χ2v) is 7.87. The van der Waals surface area contributed by atoms with Gasteiger partial charge in [-0.2, -0.15) is 0 Å². The summed E-state index contributed by atoms with van der Waals surface area (Å²) < 4.78 is 0. The molecule has 1 aliphatic carbocycles. The number of imidazole rings is 1. The van der Waals surface area contributed by atoms with Gasteiger partial charge in [-0.15, -0.1) is 0 Å². The molecule has 1 saturated heterocycles. The lowest BCUT2D eigenvalue weighted by molar-refractivity contribution is -0.123. The van der Waals surface area contributed by atoms with Crippen LogP contribution >= 0.6 is 11.6 Å². The molecule has 1 saturated carbocycles. The Morgan fingerprint density at radius 1 is 1.12 bits per heavy atom. The average Bonchev–Trinajstić information content (AvgIpc) is 2.98. The predicted octanol–water partition coefficient (Wildman–Crippen LogP) is 4.09. The summed E-state index contributed by atoms with van der Waals surface area (Å²) in [5.74, 6) is 3.51. The highest BCUT2D eigenvalue weighted by Crippen LogP contribution is 2.37. The maximum Gasteiger partial charge on any atom is 0.220 e. The van der Waals surface area contributed by atoms with Crippen molar-refractivity contribution in [2.45, 2.75) is 44.9 Å². The lowest BCUT2D eigenvalue weighted by Crippen LogP contribution is -2.39. The molecule has 0 radical (unpaired) electrons. The molecule has 1 atom stereocenters. The fourth-order valence-corrected chi connectivity index (χ4v) is 4.59. The van der Waals surface area contributed by atoms with Gasteiger partial charge in [0.15, 0.2) is 0 Å². The van der Waals surface area contributed by atoms with E-state index in [0.717, 1.165) is 53.1 Å². The monoisotopic (exact) mass is 345 g/mol. The second kappa shape index (κ2) is 6.75. The molecule has 4 rings (SSSR count). The van der Waals surface area contributed by atoms with Gasteiger partial charge in [0, 0.05) is 24.4 Å². The third-order valence-corrected chi connectivity index (χ3v) is 6.07. The molecule has 0 bridgehead atoms. The van der Waals surface area contributed by atoms with Gasteiger partial charge in [-0.25, -0.2) is 4.98 Å². The molecule has 4 nitrogen and oxygen atoms in total. The predicted molar refractivity (Wildman–Crippen MR) is 96.0 cm³/mol. The van der Waals surface area contributed by atoms with Crippen molar-refractivity contribution in [1.82, 2.24) is 15.3 Å². The van der Waals surface area contributed by atoms with Crippen molar-refractivity contribution in [3.63, 3.8) is 0 Å². The van der Waals surface area contributed by atoms with Gasteiger partial charge in [0.05, 0.1) is 11.0 Å². The number of halogens is 1. The van der Waals surface area contributed by atoms with Gasteiger partial charge in [0.25, 0.3) is 0 Å². The second-order valence-electron chi connectivity index (χ2n) is 7.43. The molecular formula is C19H24ClN3O. The SMILES string of the molecule is O=C1CCC(C2CCC(Cc3nc4ccc(Cl)cc4[nH]3)CC2)CN1. The first-order valence-corrected chi connectivity index (χ1v) is 9.46. The maximum atomic E-state index is 11.3. The van der Waals surface area contributed by atoms with E-state index < -0.39 is 0 Å². The van der Waals surface area contributed by atoms with Gasteiger partial charge < -0.3 is 10.3 Å². The number of aromatic amines is 1. The standard InChI is InChI=1S/C19H24ClN3O/c20-15-6-7-16-17(10-15)23-18(22-16)9-12-1-3-13(4-2-12)14-5-8-19(24)21-11-14/h6-7,10,12-14H,1-5,8-9,11H2,(H,21,24)(H,22,23). The highest BCUT2D eigenvalue weighted by Gasteiger charge is 2.30. The van der Waals surface area contributed by atoms with Crippen molar-refractivity contribution in [2.24, 2.45) is 17.8 Å². The number of hydrogen-bond donors (Lipinski definition) is 2. The smallest absolute Gasteiger partial charge is 0.220 e. The quantitative estimate of drug-likeness (QED) is 0.880. The van der Waals surface area contributed by atoms with Gasteiger partial charge in [-0.05, 0) is 68.1 Å². The number of hydrogen-bond acceptors (Lipinski definition) is 2. The normalized spacial score (nSPS) is 28.0. The summed E-state index contributed by atoms with van der Waals surface area (Å²) in [7, 11) is 0. The summed E-state index contributed by atoms with van der Waals surface area (Å²) in [6.07, 6.45) is 7.94. The number of aromatic nitrogens is 2. The minimum atomic E-state index is 0.227. The lowest BCUT2D eigenvalue weighted by atomic mass is 9.73. The zero-order valence-electron chi connectivity index (χ0n) is 13.9. The minimum absolute atomic E-state index is 0.227. The van der Waals surface area contributed by atoms with E-state index in [-0.39, 0.29) is 5.91 Å². The van der Waals surface area contributed by atoms with Crippen LogP contribution in [-0.2, 0) is 11.2 Å². The van der Waals surface area contributed by atoms with Crippen LogP contribution in [0.2, 0.25) is 5.02 Å². The van der Waals surface area contributed by atoms with Gasteiger partial charge in [-0.1, -0.05) is 11.6 Å². The number of fused-ring (bicyclic) bond motifs is 1. The van der Waals surface area contributed by atoms with Crippen molar-refractivity contribution in [3.8, 4) is 0 Å². The van der Waals surface area contributed by atoms with Crippen LogP contribution in [0.25, 0.3) is 11.0 Å². The van der Waals surface area contributed by atoms with Crippen LogP contribution in [0.1, 0.15) is 44.3 Å². The van der Waals surface area contributed by atoms with Crippen molar-refractivity contribution >= 4 is 28.5 Å². The summed E-state index contributed by atoms with van der Waals surface area (Å²) in [4.78, 5) is 19.4. The summed E-state index contributed by atoms with van der Waals surface area (Å²) in [5.41, 5.74) is 2.03. The van der Waals surface area contributed by atoms with Crippen LogP contribution in [-0.4, -0.2) is 22.4 Å². The number of carbonyl (C=O) groups excluding carboxylic acids is 1. The Hall–Kier alpha value is -1.55. The molecule has 1 aromatic carbocycles. The van der Waals surface area contributed by atoms with Crippen LogP contribution in [0.3, 0.4) is 0 Å². The number of nitrogens with one attached hydrogen (secondary N) is 2. The molecule has 2 aromatic rings. The van der Waals surface area contributed by atoms with Crippen LogP contribution in [0.5, 0.6) is 0 Å². The number of H-pyrrole nitrogens is 1. The molecule has 2 N–H and O–H groups in total. The van der Waals surface area contributed by atoms with Gasteiger partial charge in [0.1, 0.15) is 5.82 Å². The van der Waals surface area contributed by atoms with E-state index in [9.17, 15) is 4.79 Å². The highest BCUT2D eigenvalue weighted by molar-refractivity contribution is 6.31. The molecule has 128 valence electrons. The molecule has 1 amide bonds. The van der Waals surface area contributed by atoms with Crippen LogP contribution < -0.4 is 5.32 Å². The van der Waals surface area contributed by atoms with E-state index in [1.54, 1.807) is 0 Å². The molecule has 2 aliphatic rings. The Bertz CT molecular complexity index is 723. The number of rotatable bonds is 3. The third-order valence-electron chi connectivity index (χ3n) is 5.84. The van der Waals surface area contributed by atoms with Crippen LogP contribution in [0.15, 0.2) is 18.2 Å². The number of amides is 1. The maximum absolute atomic E-state index is 11.3. The number of piperidine rings is 1.